The summed E-state index contributed by atoms with van der Waals surface area (Å²) in [7, 11) is 0. The fraction of sp³-hybridized carbons (Fsp3) is 0.409. The maximum atomic E-state index is 12.6. The van der Waals surface area contributed by atoms with Gasteiger partial charge in [-0.1, -0.05) is 41.9 Å². The summed E-state index contributed by atoms with van der Waals surface area (Å²) in [6.07, 6.45) is 5.31. The normalized spacial score (nSPS) is 23.8. The monoisotopic (exact) mass is 383 g/mol. The van der Waals surface area contributed by atoms with Gasteiger partial charge in [0.1, 0.15) is 0 Å². The maximum Gasteiger partial charge on any atom is 0.224 e. The van der Waals surface area contributed by atoms with Crippen LogP contribution in [-0.2, 0) is 11.3 Å². The standard InChI is InChI=1S/C22H26ClN3O/c23-17-6-9-20(24-14-15-4-2-1-3-5-15)21(13-17)26-22(27)12-16-10-18-7-8-19(11-16)25-18/h1-6,9,13,16,18-19,24-25H,7-8,10-12,14H2,(H,26,27). The first-order valence-corrected chi connectivity index (χ1v) is 10.2. The van der Waals surface area contributed by atoms with Gasteiger partial charge in [-0.25, -0.2) is 0 Å². The Morgan fingerprint density at radius 1 is 1.04 bits per heavy atom. The highest BCUT2D eigenvalue weighted by molar-refractivity contribution is 6.31. The van der Waals surface area contributed by atoms with E-state index in [1.54, 1.807) is 0 Å². The number of amides is 1. The summed E-state index contributed by atoms with van der Waals surface area (Å²) in [5.41, 5.74) is 2.83. The van der Waals surface area contributed by atoms with Crippen molar-refractivity contribution in [1.82, 2.24) is 5.32 Å². The number of piperidine rings is 1. The van der Waals surface area contributed by atoms with E-state index in [0.29, 0.717) is 36.0 Å². The van der Waals surface area contributed by atoms with E-state index in [4.69, 9.17) is 11.6 Å². The molecule has 2 aliphatic heterocycles. The number of halogens is 1. The van der Waals surface area contributed by atoms with Gasteiger partial charge in [0.15, 0.2) is 0 Å². The number of anilines is 2. The van der Waals surface area contributed by atoms with E-state index in [2.05, 4.69) is 28.1 Å². The van der Waals surface area contributed by atoms with Crippen molar-refractivity contribution in [2.45, 2.75) is 50.7 Å². The fourth-order valence-corrected chi connectivity index (χ4v) is 4.54. The number of hydrogen-bond donors (Lipinski definition) is 3. The van der Waals surface area contributed by atoms with E-state index >= 15 is 0 Å². The van der Waals surface area contributed by atoms with Crippen molar-refractivity contribution in [1.29, 1.82) is 0 Å². The van der Waals surface area contributed by atoms with Crippen LogP contribution in [0.2, 0.25) is 5.02 Å². The molecular formula is C22H26ClN3O. The van der Waals surface area contributed by atoms with Crippen molar-refractivity contribution in [2.75, 3.05) is 10.6 Å². The van der Waals surface area contributed by atoms with E-state index in [-0.39, 0.29) is 5.91 Å². The molecule has 4 nitrogen and oxygen atoms in total. The molecule has 0 spiro atoms. The minimum absolute atomic E-state index is 0.0753. The van der Waals surface area contributed by atoms with Gasteiger partial charge in [0.2, 0.25) is 5.91 Å². The van der Waals surface area contributed by atoms with Crippen molar-refractivity contribution >= 4 is 28.9 Å². The van der Waals surface area contributed by atoms with Gasteiger partial charge in [-0.15, -0.1) is 0 Å². The highest BCUT2D eigenvalue weighted by atomic mass is 35.5. The smallest absolute Gasteiger partial charge is 0.224 e. The van der Waals surface area contributed by atoms with Crippen LogP contribution in [0, 0.1) is 5.92 Å². The van der Waals surface area contributed by atoms with Crippen molar-refractivity contribution in [3.8, 4) is 0 Å². The lowest BCUT2D eigenvalue weighted by atomic mass is 9.89. The molecule has 142 valence electrons. The highest BCUT2D eigenvalue weighted by Crippen LogP contribution is 2.33. The molecule has 0 aromatic heterocycles. The number of fused-ring (bicyclic) bond motifs is 2. The minimum Gasteiger partial charge on any atom is -0.379 e. The Kier molecular flexibility index (Phi) is 5.65. The fourth-order valence-electron chi connectivity index (χ4n) is 4.37. The summed E-state index contributed by atoms with van der Waals surface area (Å²) in [6.45, 7) is 0.697. The number of rotatable bonds is 6. The van der Waals surface area contributed by atoms with Crippen LogP contribution in [0.15, 0.2) is 48.5 Å². The van der Waals surface area contributed by atoms with Crippen molar-refractivity contribution in [3.63, 3.8) is 0 Å². The summed E-state index contributed by atoms with van der Waals surface area (Å²) in [4.78, 5) is 12.6. The second-order valence-corrected chi connectivity index (χ2v) is 8.19. The molecule has 27 heavy (non-hydrogen) atoms. The topological polar surface area (TPSA) is 53.2 Å². The molecule has 1 amide bonds. The number of benzene rings is 2. The van der Waals surface area contributed by atoms with Crippen molar-refractivity contribution in [3.05, 3.63) is 59.1 Å². The largest absolute Gasteiger partial charge is 0.379 e. The van der Waals surface area contributed by atoms with Crippen LogP contribution < -0.4 is 16.0 Å². The van der Waals surface area contributed by atoms with Gasteiger partial charge in [-0.3, -0.25) is 4.79 Å². The number of carbonyl (C=O) groups is 1. The van der Waals surface area contributed by atoms with Crippen LogP contribution in [0.4, 0.5) is 11.4 Å². The van der Waals surface area contributed by atoms with Crippen LogP contribution in [0.5, 0.6) is 0 Å². The van der Waals surface area contributed by atoms with E-state index in [9.17, 15) is 4.79 Å². The lowest BCUT2D eigenvalue weighted by Gasteiger charge is -2.28. The molecule has 5 heteroatoms. The van der Waals surface area contributed by atoms with Gasteiger partial charge in [-0.05, 0) is 55.4 Å². The number of carbonyl (C=O) groups excluding carboxylic acids is 1. The molecule has 0 saturated carbocycles. The van der Waals surface area contributed by atoms with Crippen LogP contribution in [0.3, 0.4) is 0 Å². The zero-order chi connectivity index (χ0) is 18.6. The molecule has 2 atom stereocenters. The van der Waals surface area contributed by atoms with Crippen LogP contribution in [0.1, 0.15) is 37.7 Å². The third kappa shape index (κ3) is 4.82. The maximum absolute atomic E-state index is 12.6. The van der Waals surface area contributed by atoms with Gasteiger partial charge in [-0.2, -0.15) is 0 Å². The Morgan fingerprint density at radius 3 is 2.52 bits per heavy atom. The molecule has 4 rings (SSSR count). The minimum atomic E-state index is 0.0753. The van der Waals surface area contributed by atoms with E-state index in [1.165, 1.54) is 18.4 Å². The van der Waals surface area contributed by atoms with E-state index in [1.807, 2.05) is 36.4 Å². The van der Waals surface area contributed by atoms with Crippen molar-refractivity contribution in [2.24, 2.45) is 5.92 Å². The lowest BCUT2D eigenvalue weighted by Crippen LogP contribution is -2.39. The Balaban J connectivity index is 1.38. The third-order valence-corrected chi connectivity index (χ3v) is 5.86. The molecule has 2 heterocycles. The quantitative estimate of drug-likeness (QED) is 0.670. The Labute approximate surface area is 165 Å². The first kappa shape index (κ1) is 18.3. The zero-order valence-electron chi connectivity index (χ0n) is 15.4. The SMILES string of the molecule is O=C(CC1CC2CCC(C1)N2)Nc1cc(Cl)ccc1NCc1ccccc1. The summed E-state index contributed by atoms with van der Waals surface area (Å²) < 4.78 is 0. The molecular weight excluding hydrogens is 358 g/mol. The highest BCUT2D eigenvalue weighted by Gasteiger charge is 2.34. The predicted molar refractivity (Wildman–Crippen MR) is 111 cm³/mol. The van der Waals surface area contributed by atoms with Gasteiger partial charge in [0.05, 0.1) is 11.4 Å². The molecule has 2 fully saturated rings. The Hall–Kier alpha value is -2.04. The zero-order valence-corrected chi connectivity index (χ0v) is 16.1. The Morgan fingerprint density at radius 2 is 1.78 bits per heavy atom. The first-order valence-electron chi connectivity index (χ1n) is 9.79. The van der Waals surface area contributed by atoms with Crippen molar-refractivity contribution < 1.29 is 4.79 Å². The average molecular weight is 384 g/mol. The number of nitrogens with one attached hydrogen (secondary N) is 3. The average Bonchev–Trinajstić information content (AvgIpc) is 3.00. The molecule has 2 aliphatic rings. The lowest BCUT2D eigenvalue weighted by molar-refractivity contribution is -0.117. The summed E-state index contributed by atoms with van der Waals surface area (Å²) >= 11 is 6.17. The molecule has 2 bridgehead atoms. The van der Waals surface area contributed by atoms with Gasteiger partial charge < -0.3 is 16.0 Å². The third-order valence-electron chi connectivity index (χ3n) is 5.63. The second kappa shape index (κ2) is 8.32. The first-order chi connectivity index (χ1) is 13.2. The number of hydrogen-bond acceptors (Lipinski definition) is 3. The summed E-state index contributed by atoms with van der Waals surface area (Å²) in [6, 6.07) is 17.0. The molecule has 2 aromatic rings. The van der Waals surface area contributed by atoms with Crippen LogP contribution in [0.25, 0.3) is 0 Å². The van der Waals surface area contributed by atoms with Gasteiger partial charge in [0, 0.05) is 30.1 Å². The van der Waals surface area contributed by atoms with Gasteiger partial charge in [0.25, 0.3) is 0 Å². The second-order valence-electron chi connectivity index (χ2n) is 7.76. The molecule has 0 aliphatic carbocycles. The Bertz CT molecular complexity index is 783. The molecule has 2 saturated heterocycles. The molecule has 2 aromatic carbocycles. The van der Waals surface area contributed by atoms with E-state index in [0.717, 1.165) is 24.2 Å². The summed E-state index contributed by atoms with van der Waals surface area (Å²) in [5, 5.41) is 10.7. The van der Waals surface area contributed by atoms with Gasteiger partial charge >= 0.3 is 0 Å². The van der Waals surface area contributed by atoms with Crippen LogP contribution >= 0.6 is 11.6 Å². The molecule has 3 N–H and O–H groups in total. The molecule has 2 unspecified atom stereocenters. The van der Waals surface area contributed by atoms with Crippen LogP contribution in [-0.4, -0.2) is 18.0 Å². The summed E-state index contributed by atoms with van der Waals surface area (Å²) in [5.74, 6) is 0.551. The van der Waals surface area contributed by atoms with E-state index < -0.39 is 0 Å². The molecule has 0 radical (unpaired) electrons. The predicted octanol–water partition coefficient (Wildman–Crippen LogP) is 4.81.